The van der Waals surface area contributed by atoms with Gasteiger partial charge in [-0.15, -0.1) is 11.8 Å². The zero-order valence-electron chi connectivity index (χ0n) is 18.4. The third-order valence-electron chi connectivity index (χ3n) is 6.20. The van der Waals surface area contributed by atoms with Crippen molar-refractivity contribution in [1.29, 1.82) is 0 Å². The Morgan fingerprint density at radius 2 is 1.94 bits per heavy atom. The van der Waals surface area contributed by atoms with Gasteiger partial charge in [0, 0.05) is 28.4 Å². The van der Waals surface area contributed by atoms with Crippen molar-refractivity contribution in [2.75, 3.05) is 24.3 Å². The van der Waals surface area contributed by atoms with Gasteiger partial charge in [-0.3, -0.25) is 9.59 Å². The minimum atomic E-state index is -1.09. The van der Waals surface area contributed by atoms with Gasteiger partial charge in [-0.05, 0) is 42.8 Å². The second-order valence-electron chi connectivity index (χ2n) is 8.18. The van der Waals surface area contributed by atoms with Crippen LogP contribution in [0.4, 0.5) is 5.69 Å². The number of aryl methyl sites for hydroxylation is 1. The van der Waals surface area contributed by atoms with Gasteiger partial charge in [0.1, 0.15) is 5.75 Å². The van der Waals surface area contributed by atoms with E-state index in [2.05, 4.69) is 0 Å². The van der Waals surface area contributed by atoms with Crippen LogP contribution in [0.15, 0.2) is 66.7 Å². The van der Waals surface area contributed by atoms with E-state index in [1.165, 1.54) is 11.8 Å². The number of halogens is 1. The number of fused-ring (bicyclic) bond motifs is 2. The molecule has 3 aromatic carbocycles. The lowest BCUT2D eigenvalue weighted by Crippen LogP contribution is -2.50. The van der Waals surface area contributed by atoms with Gasteiger partial charge in [-0.1, -0.05) is 53.6 Å². The molecule has 5 nitrogen and oxygen atoms in total. The highest BCUT2D eigenvalue weighted by Gasteiger charge is 2.59. The van der Waals surface area contributed by atoms with Gasteiger partial charge in [-0.2, -0.15) is 0 Å². The molecule has 2 aliphatic rings. The average molecular weight is 479 g/mol. The fraction of sp³-hybridized carbons (Fsp3) is 0.231. The molecule has 1 fully saturated rings. The van der Waals surface area contributed by atoms with Crippen molar-refractivity contribution >= 4 is 40.9 Å². The molecule has 0 aliphatic carbocycles. The van der Waals surface area contributed by atoms with Crippen molar-refractivity contribution < 1.29 is 14.3 Å². The summed E-state index contributed by atoms with van der Waals surface area (Å²) < 4.78 is 5.31. The lowest BCUT2D eigenvalue weighted by molar-refractivity contribution is -0.123. The maximum absolute atomic E-state index is 14.1. The standard InChI is InChI=1S/C26H23ClN2O3S/c1-17-10-11-23-21(14-17)26(25(31)28(23)16-19-6-3-4-9-22(19)27)29(12-13-33-26)24(30)18-7-5-8-20(15-18)32-2/h3-11,14-15H,12-13,16H2,1-2H3/t26-/m0/s1. The minimum absolute atomic E-state index is 0.109. The van der Waals surface area contributed by atoms with Crippen LogP contribution in [0.1, 0.15) is 27.0 Å². The largest absolute Gasteiger partial charge is 0.497 e. The number of hydrogen-bond acceptors (Lipinski definition) is 4. The van der Waals surface area contributed by atoms with Crippen molar-refractivity contribution in [2.45, 2.75) is 18.3 Å². The minimum Gasteiger partial charge on any atom is -0.497 e. The van der Waals surface area contributed by atoms with Crippen LogP contribution >= 0.6 is 23.4 Å². The third kappa shape index (κ3) is 3.49. The molecular formula is C26H23ClN2O3S. The Balaban J connectivity index is 1.60. The molecule has 0 N–H and O–H groups in total. The number of carbonyl (C=O) groups is 2. The number of ether oxygens (including phenoxy) is 1. The maximum atomic E-state index is 14.1. The smallest absolute Gasteiger partial charge is 0.268 e. The number of carbonyl (C=O) groups excluding carboxylic acids is 2. The molecule has 0 radical (unpaired) electrons. The first kappa shape index (κ1) is 21.9. The molecule has 7 heteroatoms. The van der Waals surface area contributed by atoms with Gasteiger partial charge >= 0.3 is 0 Å². The highest BCUT2D eigenvalue weighted by Crippen LogP contribution is 2.55. The fourth-order valence-corrected chi connectivity index (χ4v) is 6.24. The average Bonchev–Trinajstić information content (AvgIpc) is 3.37. The quantitative estimate of drug-likeness (QED) is 0.514. The summed E-state index contributed by atoms with van der Waals surface area (Å²) in [6.45, 7) is 2.83. The Hall–Kier alpha value is -2.96. The number of nitrogens with zero attached hydrogens (tertiary/aromatic N) is 2. The van der Waals surface area contributed by atoms with E-state index >= 15 is 0 Å². The van der Waals surface area contributed by atoms with E-state index in [1.807, 2.05) is 49.4 Å². The number of methoxy groups -OCH3 is 1. The normalized spacial score (nSPS) is 19.3. The monoisotopic (exact) mass is 478 g/mol. The summed E-state index contributed by atoms with van der Waals surface area (Å²) in [7, 11) is 1.57. The number of hydrogen-bond donors (Lipinski definition) is 0. The first-order valence-corrected chi connectivity index (χ1v) is 12.1. The van der Waals surface area contributed by atoms with E-state index in [0.717, 1.165) is 22.4 Å². The Morgan fingerprint density at radius 3 is 2.73 bits per heavy atom. The van der Waals surface area contributed by atoms with Crippen LogP contribution in [0.5, 0.6) is 5.75 Å². The summed E-state index contributed by atoms with van der Waals surface area (Å²) >= 11 is 7.94. The number of amides is 2. The second-order valence-corrected chi connectivity index (χ2v) is 9.88. The van der Waals surface area contributed by atoms with Crippen molar-refractivity contribution in [1.82, 2.24) is 4.90 Å². The third-order valence-corrected chi connectivity index (χ3v) is 7.99. The summed E-state index contributed by atoms with van der Waals surface area (Å²) in [5.74, 6) is 0.992. The van der Waals surface area contributed by atoms with Crippen LogP contribution in [-0.4, -0.2) is 36.1 Å². The maximum Gasteiger partial charge on any atom is 0.268 e. The van der Waals surface area contributed by atoms with E-state index in [0.29, 0.717) is 35.2 Å². The van der Waals surface area contributed by atoms with E-state index in [9.17, 15) is 9.59 Å². The van der Waals surface area contributed by atoms with Gasteiger partial charge in [0.15, 0.2) is 4.87 Å². The molecule has 1 saturated heterocycles. The molecule has 0 aromatic heterocycles. The first-order chi connectivity index (χ1) is 16.0. The van der Waals surface area contributed by atoms with Crippen molar-refractivity contribution in [3.63, 3.8) is 0 Å². The van der Waals surface area contributed by atoms with E-state index in [4.69, 9.17) is 16.3 Å². The summed E-state index contributed by atoms with van der Waals surface area (Å²) in [5, 5.41) is 0.614. The Kier molecular flexibility index (Phi) is 5.59. The first-order valence-electron chi connectivity index (χ1n) is 10.7. The highest BCUT2D eigenvalue weighted by atomic mass is 35.5. The summed E-state index contributed by atoms with van der Waals surface area (Å²) in [4.78, 5) is 30.2. The zero-order valence-corrected chi connectivity index (χ0v) is 19.9. The molecule has 1 atom stereocenters. The summed E-state index contributed by atoms with van der Waals surface area (Å²) in [6, 6.07) is 20.6. The molecule has 0 unspecified atom stereocenters. The van der Waals surface area contributed by atoms with Crippen LogP contribution in [0.2, 0.25) is 5.02 Å². The van der Waals surface area contributed by atoms with Crippen LogP contribution in [0.25, 0.3) is 0 Å². The molecule has 0 bridgehead atoms. The molecule has 0 saturated carbocycles. The second kappa shape index (κ2) is 8.43. The fourth-order valence-electron chi connectivity index (χ4n) is 4.59. The van der Waals surface area contributed by atoms with Crippen LogP contribution in [0, 0.1) is 6.92 Å². The van der Waals surface area contributed by atoms with E-state index in [1.54, 1.807) is 41.2 Å². The lowest BCUT2D eigenvalue weighted by atomic mass is 10.0. The summed E-state index contributed by atoms with van der Waals surface area (Å²) in [6.07, 6.45) is 0. The number of thioether (sulfide) groups is 1. The van der Waals surface area contributed by atoms with Crippen LogP contribution < -0.4 is 9.64 Å². The molecule has 3 aromatic rings. The molecule has 5 rings (SSSR count). The van der Waals surface area contributed by atoms with Gasteiger partial charge in [0.05, 0.1) is 19.3 Å². The Morgan fingerprint density at radius 1 is 1.12 bits per heavy atom. The number of benzene rings is 3. The SMILES string of the molecule is COc1cccc(C(=O)N2CCS[C@@]23C(=O)N(Cc2ccccc2Cl)c2ccc(C)cc23)c1. The van der Waals surface area contributed by atoms with Gasteiger partial charge in [0.2, 0.25) is 0 Å². The predicted octanol–water partition coefficient (Wildman–Crippen LogP) is 5.25. The van der Waals surface area contributed by atoms with Crippen LogP contribution in [-0.2, 0) is 16.2 Å². The molecule has 168 valence electrons. The predicted molar refractivity (Wildman–Crippen MR) is 132 cm³/mol. The molecule has 1 spiro atoms. The molecule has 33 heavy (non-hydrogen) atoms. The summed E-state index contributed by atoms with van der Waals surface area (Å²) in [5.41, 5.74) is 4.09. The highest BCUT2D eigenvalue weighted by molar-refractivity contribution is 8.01. The van der Waals surface area contributed by atoms with Crippen molar-refractivity contribution in [3.05, 3.63) is 94.0 Å². The number of anilines is 1. The Bertz CT molecular complexity index is 1260. The zero-order chi connectivity index (χ0) is 23.2. The molecule has 2 heterocycles. The topological polar surface area (TPSA) is 49.9 Å². The van der Waals surface area contributed by atoms with E-state index < -0.39 is 4.87 Å². The van der Waals surface area contributed by atoms with E-state index in [-0.39, 0.29) is 11.8 Å². The van der Waals surface area contributed by atoms with Crippen LogP contribution in [0.3, 0.4) is 0 Å². The molecular weight excluding hydrogens is 456 g/mol. The van der Waals surface area contributed by atoms with Crippen molar-refractivity contribution in [2.24, 2.45) is 0 Å². The van der Waals surface area contributed by atoms with Crippen molar-refractivity contribution in [3.8, 4) is 5.75 Å². The molecule has 2 aliphatic heterocycles. The number of rotatable bonds is 4. The molecule has 2 amide bonds. The van der Waals surface area contributed by atoms with Gasteiger partial charge in [0.25, 0.3) is 11.8 Å². The lowest BCUT2D eigenvalue weighted by Gasteiger charge is -2.33. The van der Waals surface area contributed by atoms with Gasteiger partial charge in [-0.25, -0.2) is 0 Å². The Labute approximate surface area is 202 Å². The van der Waals surface area contributed by atoms with Gasteiger partial charge < -0.3 is 14.5 Å².